The number of ether oxygens (including phenoxy) is 3. The van der Waals surface area contributed by atoms with Crippen molar-refractivity contribution in [3.63, 3.8) is 0 Å². The first kappa shape index (κ1) is 47.2. The fourth-order valence-corrected chi connectivity index (χ4v) is 10.6. The number of amides is 1. The fourth-order valence-electron chi connectivity index (χ4n) is 9.83. The Kier molecular flexibility index (Phi) is 12.4. The van der Waals surface area contributed by atoms with Gasteiger partial charge in [-0.15, -0.1) is 6.42 Å². The molecule has 71 heavy (non-hydrogen) atoms. The van der Waals surface area contributed by atoms with Gasteiger partial charge in [0, 0.05) is 58.8 Å². The van der Waals surface area contributed by atoms with Crippen LogP contribution < -0.4 is 9.47 Å². The lowest BCUT2D eigenvalue weighted by atomic mass is 9.77. The number of likely N-dealkylation sites (tertiary alicyclic amines) is 1. The van der Waals surface area contributed by atoms with E-state index in [-0.39, 0.29) is 41.1 Å². The number of sulfone groups is 1. The summed E-state index contributed by atoms with van der Waals surface area (Å²) in [5.74, 6) is 2.62. The molecule has 0 radical (unpaired) electrons. The first-order valence-corrected chi connectivity index (χ1v) is 25.8. The summed E-state index contributed by atoms with van der Waals surface area (Å²) < 4.78 is 66.6. The minimum absolute atomic E-state index is 0.0487. The van der Waals surface area contributed by atoms with Gasteiger partial charge in [0.15, 0.2) is 20.6 Å². The predicted octanol–water partition coefficient (Wildman–Crippen LogP) is 12.2. The van der Waals surface area contributed by atoms with Gasteiger partial charge in [-0.3, -0.25) is 4.68 Å². The van der Waals surface area contributed by atoms with E-state index in [1.165, 1.54) is 12.1 Å². The third-order valence-corrected chi connectivity index (χ3v) is 15.1. The molecule has 2 fully saturated rings. The van der Waals surface area contributed by atoms with Crippen LogP contribution in [0.4, 0.5) is 9.18 Å². The van der Waals surface area contributed by atoms with Crippen LogP contribution in [0.3, 0.4) is 0 Å². The Labute approximate surface area is 414 Å². The molecular weight excluding hydrogens is 912 g/mol. The SMILES string of the molecule is C#Cc1ccc(COc2c(-c3c(C)c(F)cc4nn(C(c5ccccc5)(c5ccccc5)c5ccccc5)cc34)c(C3CC3)cc3c(O[C@H]4CCN(C(=O)OC(C)(C)C)C4)cc(S(=O)(=O)CC)nc23)cc1. The molecule has 1 saturated carbocycles. The summed E-state index contributed by atoms with van der Waals surface area (Å²) in [6, 6.07) is 43.0. The summed E-state index contributed by atoms with van der Waals surface area (Å²) in [4.78, 5) is 19.7. The minimum atomic E-state index is -3.94. The lowest BCUT2D eigenvalue weighted by Crippen LogP contribution is -2.38. The predicted molar refractivity (Wildman–Crippen MR) is 275 cm³/mol. The van der Waals surface area contributed by atoms with Crippen molar-refractivity contribution >= 4 is 37.7 Å². The molecule has 360 valence electrons. The second-order valence-electron chi connectivity index (χ2n) is 19.5. The highest BCUT2D eigenvalue weighted by molar-refractivity contribution is 7.91. The molecule has 0 spiro atoms. The molecule has 6 aromatic carbocycles. The van der Waals surface area contributed by atoms with Crippen molar-refractivity contribution in [2.24, 2.45) is 0 Å². The molecule has 10 rings (SSSR count). The van der Waals surface area contributed by atoms with Crippen LogP contribution in [0.25, 0.3) is 32.9 Å². The number of carbonyl (C=O) groups is 1. The highest BCUT2D eigenvalue weighted by Gasteiger charge is 2.41. The molecule has 2 aliphatic rings. The van der Waals surface area contributed by atoms with Crippen LogP contribution in [-0.4, -0.2) is 64.7 Å². The maximum absolute atomic E-state index is 17.1. The molecule has 1 amide bonds. The summed E-state index contributed by atoms with van der Waals surface area (Å²) in [6.07, 6.45) is 9.02. The lowest BCUT2D eigenvalue weighted by molar-refractivity contribution is 0.0276. The minimum Gasteiger partial charge on any atom is -0.488 e. The Morgan fingerprint density at radius 2 is 1.45 bits per heavy atom. The molecule has 1 aliphatic heterocycles. The number of halogens is 1. The number of terminal acetylenes is 1. The quantitative estimate of drug-likeness (QED) is 0.0829. The molecule has 12 heteroatoms. The van der Waals surface area contributed by atoms with Crippen molar-refractivity contribution in [1.82, 2.24) is 19.7 Å². The maximum Gasteiger partial charge on any atom is 0.410 e. The molecule has 2 aromatic heterocycles. The number of nitrogens with zero attached hydrogens (tertiary/aromatic N) is 4. The second kappa shape index (κ2) is 18.7. The zero-order valence-electron chi connectivity index (χ0n) is 40.5. The van der Waals surface area contributed by atoms with E-state index in [1.54, 1.807) is 18.7 Å². The normalized spacial score (nSPS) is 15.2. The van der Waals surface area contributed by atoms with Crippen LogP contribution in [0.5, 0.6) is 11.5 Å². The van der Waals surface area contributed by atoms with Crippen molar-refractivity contribution in [3.05, 3.63) is 184 Å². The molecule has 10 nitrogen and oxygen atoms in total. The first-order chi connectivity index (χ1) is 34.2. The van der Waals surface area contributed by atoms with Gasteiger partial charge in [-0.2, -0.15) is 5.10 Å². The molecule has 8 aromatic rings. The molecule has 1 atom stereocenters. The van der Waals surface area contributed by atoms with Crippen molar-refractivity contribution in [2.75, 3.05) is 18.8 Å². The van der Waals surface area contributed by atoms with Gasteiger partial charge in [-0.25, -0.2) is 22.6 Å². The van der Waals surface area contributed by atoms with E-state index in [9.17, 15) is 13.2 Å². The Balaban J connectivity index is 1.24. The van der Waals surface area contributed by atoms with E-state index in [0.717, 1.165) is 40.7 Å². The molecule has 0 unspecified atom stereocenters. The van der Waals surface area contributed by atoms with Crippen LogP contribution in [0.15, 0.2) is 145 Å². The number of carbonyl (C=O) groups excluding carboxylic acids is 1. The Morgan fingerprint density at radius 3 is 2.01 bits per heavy atom. The van der Waals surface area contributed by atoms with Gasteiger partial charge in [0.25, 0.3) is 0 Å². The lowest BCUT2D eigenvalue weighted by Gasteiger charge is -2.36. The summed E-state index contributed by atoms with van der Waals surface area (Å²) in [6.45, 7) is 9.48. The van der Waals surface area contributed by atoms with E-state index < -0.39 is 39.0 Å². The molecular formula is C59H55FN4O6S. The Hall–Kier alpha value is -7.49. The van der Waals surface area contributed by atoms with Gasteiger partial charge in [-0.1, -0.05) is 116 Å². The highest BCUT2D eigenvalue weighted by Crippen LogP contribution is 2.54. The van der Waals surface area contributed by atoms with E-state index in [4.69, 9.17) is 30.7 Å². The topological polar surface area (TPSA) is 113 Å². The largest absolute Gasteiger partial charge is 0.488 e. The van der Waals surface area contributed by atoms with Crippen LogP contribution in [0.2, 0.25) is 0 Å². The van der Waals surface area contributed by atoms with E-state index in [1.807, 2.05) is 117 Å². The molecule has 0 N–H and O–H groups in total. The van der Waals surface area contributed by atoms with Crippen LogP contribution in [-0.2, 0) is 26.7 Å². The van der Waals surface area contributed by atoms with Gasteiger partial charge >= 0.3 is 6.09 Å². The highest BCUT2D eigenvalue weighted by atomic mass is 32.2. The zero-order valence-corrected chi connectivity index (χ0v) is 41.3. The van der Waals surface area contributed by atoms with Gasteiger partial charge in [0.1, 0.15) is 40.9 Å². The molecule has 1 saturated heterocycles. The number of rotatable bonds is 13. The van der Waals surface area contributed by atoms with E-state index in [0.29, 0.717) is 57.3 Å². The zero-order chi connectivity index (χ0) is 49.7. The van der Waals surface area contributed by atoms with Crippen LogP contribution in [0.1, 0.15) is 91.8 Å². The van der Waals surface area contributed by atoms with Crippen molar-refractivity contribution in [1.29, 1.82) is 0 Å². The van der Waals surface area contributed by atoms with Gasteiger partial charge < -0.3 is 19.1 Å². The van der Waals surface area contributed by atoms with Crippen molar-refractivity contribution < 1.29 is 31.8 Å². The summed E-state index contributed by atoms with van der Waals surface area (Å²) in [5, 5.41) is 6.35. The maximum atomic E-state index is 17.1. The third kappa shape index (κ3) is 9.00. The smallest absolute Gasteiger partial charge is 0.410 e. The average molecular weight is 967 g/mol. The number of fused-ring (bicyclic) bond motifs is 2. The molecule has 3 heterocycles. The van der Waals surface area contributed by atoms with Crippen molar-refractivity contribution in [2.45, 2.75) is 88.7 Å². The van der Waals surface area contributed by atoms with E-state index >= 15 is 4.39 Å². The van der Waals surface area contributed by atoms with Crippen molar-refractivity contribution in [3.8, 4) is 35.0 Å². The Morgan fingerprint density at radius 1 is 0.831 bits per heavy atom. The van der Waals surface area contributed by atoms with Crippen LogP contribution in [0, 0.1) is 25.1 Å². The summed E-state index contributed by atoms with van der Waals surface area (Å²) >= 11 is 0. The summed E-state index contributed by atoms with van der Waals surface area (Å²) in [5.41, 5.74) is 5.75. The van der Waals surface area contributed by atoms with E-state index in [2.05, 4.69) is 42.3 Å². The van der Waals surface area contributed by atoms with Gasteiger partial charge in [-0.05, 0) is 98.0 Å². The van der Waals surface area contributed by atoms with Crippen LogP contribution >= 0.6 is 0 Å². The van der Waals surface area contributed by atoms with Gasteiger partial charge in [0.05, 0.1) is 17.8 Å². The third-order valence-electron chi connectivity index (χ3n) is 13.5. The number of hydrogen-bond acceptors (Lipinski definition) is 8. The monoisotopic (exact) mass is 966 g/mol. The second-order valence-corrected chi connectivity index (χ2v) is 21.7. The summed E-state index contributed by atoms with van der Waals surface area (Å²) in [7, 11) is -3.94. The first-order valence-electron chi connectivity index (χ1n) is 24.1. The fraction of sp³-hybridized carbons (Fsp3) is 0.271. The van der Waals surface area contributed by atoms with Gasteiger partial charge in [0.2, 0.25) is 0 Å². The number of pyridine rings is 1. The Bertz CT molecular complexity index is 3360. The molecule has 0 bridgehead atoms. The number of aromatic nitrogens is 3. The average Bonchev–Trinajstić information content (AvgIpc) is 3.97. The number of benzene rings is 6. The number of hydrogen-bond donors (Lipinski definition) is 0. The molecule has 1 aliphatic carbocycles. The standard InChI is InChI=1S/C59H55FN4O6S/c1-7-39-24-26-40(27-25-39)37-68-56-54(46(41-28-29-41)32-47-51(34-52(61-55(47)56)71(66,67)8-2)69-45-30-31-63(35-45)57(65)70-58(4,5)6)53-38(3)49(60)33-50-48(53)36-64(62-50)59(42-18-12-9-13-19-42,43-20-14-10-15-21-43)44-22-16-11-17-23-44/h1,9-27,32-34,36,41,45H,8,28-31,35,37H2,2-6H3/t45-/m0/s1.